The molecule has 1 atom stereocenters. The zero-order valence-electron chi connectivity index (χ0n) is 12.6. The van der Waals surface area contributed by atoms with E-state index in [1.54, 1.807) is 12.1 Å². The molecule has 0 saturated heterocycles. The summed E-state index contributed by atoms with van der Waals surface area (Å²) in [4.78, 5) is 23.0. The summed E-state index contributed by atoms with van der Waals surface area (Å²) in [5.41, 5.74) is 2.75. The molecule has 0 N–H and O–H groups in total. The van der Waals surface area contributed by atoms with Crippen molar-refractivity contribution in [3.63, 3.8) is 0 Å². The molecule has 0 heterocycles. The van der Waals surface area contributed by atoms with Crippen molar-refractivity contribution in [2.75, 3.05) is 0 Å². The highest BCUT2D eigenvalue weighted by Gasteiger charge is 2.27. The van der Waals surface area contributed by atoms with Gasteiger partial charge in [0.25, 0.3) is 5.69 Å². The number of carbonyl (C=O) groups excluding carboxylic acids is 1. The third-order valence-electron chi connectivity index (χ3n) is 4.22. The fourth-order valence-corrected chi connectivity index (χ4v) is 3.01. The number of non-ortho nitro benzene ring substituents is 1. The largest absolute Gasteiger partial charge is 0.294 e. The first-order valence-corrected chi connectivity index (χ1v) is 7.69. The molecule has 1 aliphatic carbocycles. The second-order valence-corrected chi connectivity index (χ2v) is 5.74. The molecule has 1 aliphatic rings. The summed E-state index contributed by atoms with van der Waals surface area (Å²) in [6.07, 6.45) is 4.48. The van der Waals surface area contributed by atoms with Crippen LogP contribution >= 0.6 is 0 Å². The van der Waals surface area contributed by atoms with Crippen molar-refractivity contribution in [1.82, 2.24) is 0 Å². The molecule has 23 heavy (non-hydrogen) atoms. The van der Waals surface area contributed by atoms with E-state index in [9.17, 15) is 14.9 Å². The Morgan fingerprint density at radius 1 is 1.04 bits per heavy atom. The molecule has 4 heteroatoms. The molecule has 0 radical (unpaired) electrons. The van der Waals surface area contributed by atoms with Crippen LogP contribution in [0.25, 0.3) is 6.08 Å². The molecule has 0 aromatic heterocycles. The molecule has 0 bridgehead atoms. The van der Waals surface area contributed by atoms with Crippen LogP contribution in [0.15, 0.2) is 60.2 Å². The van der Waals surface area contributed by atoms with Crippen molar-refractivity contribution < 1.29 is 9.72 Å². The molecule has 3 rings (SSSR count). The number of benzene rings is 2. The molecule has 2 aromatic carbocycles. The van der Waals surface area contributed by atoms with E-state index in [1.165, 1.54) is 12.1 Å². The Morgan fingerprint density at radius 3 is 2.39 bits per heavy atom. The van der Waals surface area contributed by atoms with Crippen LogP contribution in [0, 0.1) is 10.1 Å². The highest BCUT2D eigenvalue weighted by atomic mass is 16.6. The summed E-state index contributed by atoms with van der Waals surface area (Å²) in [7, 11) is 0. The Balaban J connectivity index is 1.84. The molecule has 0 spiro atoms. The van der Waals surface area contributed by atoms with Crippen LogP contribution in [0.3, 0.4) is 0 Å². The lowest BCUT2D eigenvalue weighted by atomic mass is 9.79. The Bertz CT molecular complexity index is 748. The van der Waals surface area contributed by atoms with Gasteiger partial charge in [-0.05, 0) is 54.2 Å². The zero-order chi connectivity index (χ0) is 16.2. The lowest BCUT2D eigenvalue weighted by Gasteiger charge is -2.23. The fourth-order valence-electron chi connectivity index (χ4n) is 3.01. The molecule has 0 amide bonds. The number of carbonyl (C=O) groups is 1. The lowest BCUT2D eigenvalue weighted by Crippen LogP contribution is -2.19. The maximum atomic E-state index is 12.7. The van der Waals surface area contributed by atoms with Crippen LogP contribution in [0.1, 0.15) is 36.3 Å². The summed E-state index contributed by atoms with van der Waals surface area (Å²) in [5, 5.41) is 10.7. The standard InChI is InChI=1S/C19H17NO3/c21-19-16(13-14-9-11-17(12-10-14)20(22)23)7-4-8-18(19)15-5-2-1-3-6-15/h1-3,5-6,9-13,18H,4,7-8H2/b16-13+/t18-/m0/s1. The van der Waals surface area contributed by atoms with Gasteiger partial charge in [0.15, 0.2) is 5.78 Å². The SMILES string of the molecule is O=C1/C(=C/c2ccc([N+](=O)[O-])cc2)CCC[C@H]1c1ccccc1. The number of nitro benzene ring substituents is 1. The molecule has 0 aliphatic heterocycles. The van der Waals surface area contributed by atoms with Gasteiger partial charge in [0.05, 0.1) is 4.92 Å². The molecular weight excluding hydrogens is 290 g/mol. The molecule has 116 valence electrons. The number of rotatable bonds is 3. The number of Topliss-reactive ketones (excluding diaryl/α,β-unsaturated/α-hetero) is 1. The number of nitro groups is 1. The summed E-state index contributed by atoms with van der Waals surface area (Å²) in [6.45, 7) is 0. The number of hydrogen-bond donors (Lipinski definition) is 0. The van der Waals surface area contributed by atoms with Gasteiger partial charge in [-0.25, -0.2) is 0 Å². The second-order valence-electron chi connectivity index (χ2n) is 5.74. The van der Waals surface area contributed by atoms with Crippen molar-refractivity contribution >= 4 is 17.5 Å². The Labute approximate surface area is 134 Å². The van der Waals surface area contributed by atoms with Gasteiger partial charge in [0, 0.05) is 18.1 Å². The smallest absolute Gasteiger partial charge is 0.269 e. The van der Waals surface area contributed by atoms with Crippen molar-refractivity contribution in [2.45, 2.75) is 25.2 Å². The Hall–Kier alpha value is -2.75. The Morgan fingerprint density at radius 2 is 1.74 bits per heavy atom. The molecule has 4 nitrogen and oxygen atoms in total. The minimum Gasteiger partial charge on any atom is -0.294 e. The second kappa shape index (κ2) is 6.57. The number of hydrogen-bond acceptors (Lipinski definition) is 3. The molecule has 1 saturated carbocycles. The van der Waals surface area contributed by atoms with Crippen LogP contribution < -0.4 is 0 Å². The van der Waals surface area contributed by atoms with Crippen LogP contribution in [0.4, 0.5) is 5.69 Å². The quantitative estimate of drug-likeness (QED) is 0.476. The van der Waals surface area contributed by atoms with E-state index >= 15 is 0 Å². The normalized spacial score (nSPS) is 19.7. The van der Waals surface area contributed by atoms with E-state index in [2.05, 4.69) is 0 Å². The van der Waals surface area contributed by atoms with E-state index in [0.717, 1.165) is 36.0 Å². The van der Waals surface area contributed by atoms with E-state index in [1.807, 2.05) is 36.4 Å². The minimum atomic E-state index is -0.423. The lowest BCUT2D eigenvalue weighted by molar-refractivity contribution is -0.384. The first-order valence-electron chi connectivity index (χ1n) is 7.69. The number of ketones is 1. The predicted molar refractivity (Wildman–Crippen MR) is 89.1 cm³/mol. The van der Waals surface area contributed by atoms with Crippen LogP contribution in [0.5, 0.6) is 0 Å². The highest BCUT2D eigenvalue weighted by molar-refractivity contribution is 6.04. The average molecular weight is 307 g/mol. The van der Waals surface area contributed by atoms with Gasteiger partial charge >= 0.3 is 0 Å². The molecule has 2 aromatic rings. The van der Waals surface area contributed by atoms with Crippen molar-refractivity contribution in [2.24, 2.45) is 0 Å². The van der Waals surface area contributed by atoms with Crippen molar-refractivity contribution in [3.05, 3.63) is 81.4 Å². The maximum absolute atomic E-state index is 12.7. The Kier molecular flexibility index (Phi) is 4.33. The minimum absolute atomic E-state index is 0.0595. The summed E-state index contributed by atoms with van der Waals surface area (Å²) >= 11 is 0. The van der Waals surface area contributed by atoms with Gasteiger partial charge in [-0.3, -0.25) is 14.9 Å². The number of nitrogens with zero attached hydrogens (tertiary/aromatic N) is 1. The first-order chi connectivity index (χ1) is 11.1. The van der Waals surface area contributed by atoms with Gasteiger partial charge < -0.3 is 0 Å². The van der Waals surface area contributed by atoms with E-state index in [-0.39, 0.29) is 17.4 Å². The van der Waals surface area contributed by atoms with E-state index in [4.69, 9.17) is 0 Å². The summed E-state index contributed by atoms with van der Waals surface area (Å²) in [5.74, 6) is 0.0926. The van der Waals surface area contributed by atoms with Crippen LogP contribution in [-0.4, -0.2) is 10.7 Å². The topological polar surface area (TPSA) is 60.2 Å². The fraction of sp³-hybridized carbons (Fsp3) is 0.211. The molecular formula is C19H17NO3. The van der Waals surface area contributed by atoms with E-state index in [0.29, 0.717) is 0 Å². The number of allylic oxidation sites excluding steroid dienone is 1. The van der Waals surface area contributed by atoms with Gasteiger partial charge in [-0.1, -0.05) is 30.3 Å². The van der Waals surface area contributed by atoms with Crippen molar-refractivity contribution in [3.8, 4) is 0 Å². The van der Waals surface area contributed by atoms with Gasteiger partial charge in [0.2, 0.25) is 0 Å². The molecule has 0 unspecified atom stereocenters. The van der Waals surface area contributed by atoms with Crippen molar-refractivity contribution in [1.29, 1.82) is 0 Å². The molecule has 1 fully saturated rings. The highest BCUT2D eigenvalue weighted by Crippen LogP contribution is 2.33. The maximum Gasteiger partial charge on any atom is 0.269 e. The average Bonchev–Trinajstić information content (AvgIpc) is 2.58. The van der Waals surface area contributed by atoms with E-state index < -0.39 is 4.92 Å². The van der Waals surface area contributed by atoms with Crippen LogP contribution in [-0.2, 0) is 4.79 Å². The summed E-state index contributed by atoms with van der Waals surface area (Å²) in [6, 6.07) is 16.2. The van der Waals surface area contributed by atoms with Gasteiger partial charge in [-0.2, -0.15) is 0 Å². The first kappa shape index (κ1) is 15.2. The monoisotopic (exact) mass is 307 g/mol. The third-order valence-corrected chi connectivity index (χ3v) is 4.22. The van der Waals surface area contributed by atoms with Gasteiger partial charge in [-0.15, -0.1) is 0 Å². The van der Waals surface area contributed by atoms with Gasteiger partial charge in [0.1, 0.15) is 0 Å². The predicted octanol–water partition coefficient (Wildman–Crippen LogP) is 4.52. The zero-order valence-corrected chi connectivity index (χ0v) is 12.6. The van der Waals surface area contributed by atoms with Crippen LogP contribution in [0.2, 0.25) is 0 Å². The third kappa shape index (κ3) is 3.37. The summed E-state index contributed by atoms with van der Waals surface area (Å²) < 4.78 is 0.